The Hall–Kier alpha value is -2.11. The van der Waals surface area contributed by atoms with E-state index in [0.717, 1.165) is 32.1 Å². The molecule has 5 N–H and O–H groups in total. The molecule has 3 atom stereocenters. The van der Waals surface area contributed by atoms with Crippen LogP contribution in [-0.2, 0) is 32.2 Å². The smallest absolute Gasteiger partial charge is 0.407 e. The number of aliphatic hydroxyl groups excluding tert-OH is 2. The SMILES string of the molecule is C=C(OCC(O)COCc1ccc(COCC(CO)OC(=O)NCCCCCN)o1)C(C)CCC. The maximum absolute atomic E-state index is 11.8. The minimum atomic E-state index is -0.776. The highest BCUT2D eigenvalue weighted by Gasteiger charge is 2.15. The first kappa shape index (κ1) is 30.9. The summed E-state index contributed by atoms with van der Waals surface area (Å²) in [5.74, 6) is 2.08. The molecule has 10 nitrogen and oxygen atoms in total. The van der Waals surface area contributed by atoms with Gasteiger partial charge in [-0.3, -0.25) is 0 Å². The molecule has 10 heteroatoms. The first-order chi connectivity index (χ1) is 16.9. The average Bonchev–Trinajstić information content (AvgIpc) is 3.29. The zero-order valence-corrected chi connectivity index (χ0v) is 21.2. The molecule has 0 fully saturated rings. The summed E-state index contributed by atoms with van der Waals surface area (Å²) in [5.41, 5.74) is 5.43. The summed E-state index contributed by atoms with van der Waals surface area (Å²) in [6.45, 7) is 9.43. The molecule has 1 amide bonds. The van der Waals surface area contributed by atoms with Gasteiger partial charge in [0.1, 0.15) is 43.5 Å². The van der Waals surface area contributed by atoms with Gasteiger partial charge >= 0.3 is 6.09 Å². The van der Waals surface area contributed by atoms with Gasteiger partial charge in [0, 0.05) is 12.5 Å². The summed E-state index contributed by atoms with van der Waals surface area (Å²) in [6.07, 6.45) is 2.57. The Bertz CT molecular complexity index is 697. The number of ether oxygens (including phenoxy) is 4. The topological polar surface area (TPSA) is 146 Å². The molecular formula is C25H44N2O8. The van der Waals surface area contributed by atoms with Crippen molar-refractivity contribution < 1.29 is 38.4 Å². The molecule has 0 bridgehead atoms. The van der Waals surface area contributed by atoms with E-state index >= 15 is 0 Å². The highest BCUT2D eigenvalue weighted by atomic mass is 16.6. The summed E-state index contributed by atoms with van der Waals surface area (Å²) >= 11 is 0. The lowest BCUT2D eigenvalue weighted by atomic mass is 10.1. The van der Waals surface area contributed by atoms with Crippen LogP contribution in [0.4, 0.5) is 4.79 Å². The fourth-order valence-corrected chi connectivity index (χ4v) is 3.11. The predicted molar refractivity (Wildman–Crippen MR) is 131 cm³/mol. The van der Waals surface area contributed by atoms with Gasteiger partial charge < -0.3 is 44.6 Å². The van der Waals surface area contributed by atoms with Crippen LogP contribution < -0.4 is 11.1 Å². The lowest BCUT2D eigenvalue weighted by Gasteiger charge is -2.18. The number of allylic oxidation sites excluding steroid dienone is 1. The molecule has 0 radical (unpaired) electrons. The molecule has 1 aromatic rings. The number of alkyl carbamates (subject to hydrolysis) is 1. The number of unbranched alkanes of at least 4 members (excludes halogenated alkanes) is 2. The Balaban J connectivity index is 2.20. The van der Waals surface area contributed by atoms with Crippen molar-refractivity contribution in [3.05, 3.63) is 36.0 Å². The molecule has 1 heterocycles. The fourth-order valence-electron chi connectivity index (χ4n) is 3.11. The van der Waals surface area contributed by atoms with Crippen LogP contribution in [0.5, 0.6) is 0 Å². The maximum Gasteiger partial charge on any atom is 0.407 e. The van der Waals surface area contributed by atoms with E-state index in [1.165, 1.54) is 0 Å². The van der Waals surface area contributed by atoms with Crippen molar-refractivity contribution in [2.75, 3.05) is 39.5 Å². The molecule has 0 aliphatic carbocycles. The van der Waals surface area contributed by atoms with Crippen molar-refractivity contribution in [2.45, 2.75) is 71.4 Å². The van der Waals surface area contributed by atoms with Crippen molar-refractivity contribution in [2.24, 2.45) is 11.7 Å². The number of nitrogens with one attached hydrogen (secondary N) is 1. The van der Waals surface area contributed by atoms with Crippen LogP contribution in [-0.4, -0.2) is 68.0 Å². The number of carbonyl (C=O) groups excluding carboxylic acids is 1. The molecule has 0 saturated heterocycles. The van der Waals surface area contributed by atoms with Crippen molar-refractivity contribution in [1.29, 1.82) is 0 Å². The van der Waals surface area contributed by atoms with Gasteiger partial charge in [-0.15, -0.1) is 0 Å². The van der Waals surface area contributed by atoms with Crippen LogP contribution in [0.2, 0.25) is 0 Å². The van der Waals surface area contributed by atoms with Crippen LogP contribution in [0.15, 0.2) is 28.9 Å². The number of furan rings is 1. The molecule has 3 unspecified atom stereocenters. The van der Waals surface area contributed by atoms with Gasteiger partial charge in [0.15, 0.2) is 0 Å². The Morgan fingerprint density at radius 1 is 1.14 bits per heavy atom. The Morgan fingerprint density at radius 2 is 1.83 bits per heavy atom. The van der Waals surface area contributed by atoms with Crippen LogP contribution in [0, 0.1) is 5.92 Å². The van der Waals surface area contributed by atoms with Crippen molar-refractivity contribution in [1.82, 2.24) is 5.32 Å². The monoisotopic (exact) mass is 500 g/mol. The number of amides is 1. The Labute approximate surface area is 208 Å². The second-order valence-corrected chi connectivity index (χ2v) is 8.51. The van der Waals surface area contributed by atoms with Gasteiger partial charge in [-0.25, -0.2) is 4.79 Å². The second-order valence-electron chi connectivity index (χ2n) is 8.51. The quantitative estimate of drug-likeness (QED) is 0.148. The lowest BCUT2D eigenvalue weighted by Crippen LogP contribution is -2.33. The molecule has 202 valence electrons. The van der Waals surface area contributed by atoms with E-state index in [2.05, 4.69) is 18.8 Å². The van der Waals surface area contributed by atoms with Gasteiger partial charge in [-0.05, 0) is 37.9 Å². The van der Waals surface area contributed by atoms with E-state index in [-0.39, 0.29) is 45.6 Å². The molecular weight excluding hydrogens is 456 g/mol. The van der Waals surface area contributed by atoms with Gasteiger partial charge in [0.25, 0.3) is 0 Å². The third kappa shape index (κ3) is 14.8. The number of aliphatic hydroxyl groups is 2. The molecule has 1 rings (SSSR count). The highest BCUT2D eigenvalue weighted by molar-refractivity contribution is 5.67. The first-order valence-corrected chi connectivity index (χ1v) is 12.4. The normalized spacial score (nSPS) is 13.7. The highest BCUT2D eigenvalue weighted by Crippen LogP contribution is 2.16. The van der Waals surface area contributed by atoms with Gasteiger partial charge in [0.05, 0.1) is 25.6 Å². The van der Waals surface area contributed by atoms with E-state index in [4.69, 9.17) is 29.1 Å². The third-order valence-corrected chi connectivity index (χ3v) is 5.18. The predicted octanol–water partition coefficient (Wildman–Crippen LogP) is 2.86. The summed E-state index contributed by atoms with van der Waals surface area (Å²) < 4.78 is 27.3. The molecule has 35 heavy (non-hydrogen) atoms. The molecule has 0 aliphatic heterocycles. The van der Waals surface area contributed by atoms with Crippen molar-refractivity contribution in [3.8, 4) is 0 Å². The van der Waals surface area contributed by atoms with E-state index in [9.17, 15) is 15.0 Å². The molecule has 1 aromatic heterocycles. The van der Waals surface area contributed by atoms with Gasteiger partial charge in [0.2, 0.25) is 0 Å². The van der Waals surface area contributed by atoms with Crippen molar-refractivity contribution in [3.63, 3.8) is 0 Å². The Morgan fingerprint density at radius 3 is 2.46 bits per heavy atom. The number of nitrogens with two attached hydrogens (primary N) is 1. The van der Waals surface area contributed by atoms with Crippen LogP contribution in [0.25, 0.3) is 0 Å². The maximum atomic E-state index is 11.8. The average molecular weight is 501 g/mol. The van der Waals surface area contributed by atoms with Crippen LogP contribution in [0.3, 0.4) is 0 Å². The summed E-state index contributed by atoms with van der Waals surface area (Å²) in [7, 11) is 0. The molecule has 0 spiro atoms. The molecule has 0 aliphatic rings. The molecule has 0 aromatic carbocycles. The third-order valence-electron chi connectivity index (χ3n) is 5.18. The van der Waals surface area contributed by atoms with E-state index in [1.807, 2.05) is 6.92 Å². The Kier molecular flexibility index (Phi) is 16.9. The zero-order valence-electron chi connectivity index (χ0n) is 21.2. The van der Waals surface area contributed by atoms with Crippen LogP contribution >= 0.6 is 0 Å². The largest absolute Gasteiger partial charge is 0.495 e. The summed E-state index contributed by atoms with van der Waals surface area (Å²) in [4.78, 5) is 11.8. The van der Waals surface area contributed by atoms with E-state index in [0.29, 0.717) is 30.4 Å². The first-order valence-electron chi connectivity index (χ1n) is 12.4. The lowest BCUT2D eigenvalue weighted by molar-refractivity contribution is -0.0199. The number of hydrogen-bond donors (Lipinski definition) is 4. The minimum Gasteiger partial charge on any atom is -0.495 e. The summed E-state index contributed by atoms with van der Waals surface area (Å²) in [6, 6.07) is 3.51. The summed E-state index contributed by atoms with van der Waals surface area (Å²) in [5, 5.41) is 22.1. The number of hydrogen-bond acceptors (Lipinski definition) is 9. The van der Waals surface area contributed by atoms with E-state index < -0.39 is 18.3 Å². The fraction of sp³-hybridized carbons (Fsp3) is 0.720. The standard InChI is InChI=1S/C25H44N2O8/c1-4-8-19(2)20(3)33-15-21(29)14-31-16-22-9-10-23(34-22)17-32-18-24(13-28)35-25(30)27-12-7-5-6-11-26/h9-10,19,21,24,28-29H,3-8,11-18,26H2,1-2H3,(H,27,30). The van der Waals surface area contributed by atoms with Crippen LogP contribution in [0.1, 0.15) is 57.5 Å². The number of carbonyl (C=O) groups is 1. The van der Waals surface area contributed by atoms with Gasteiger partial charge in [-0.1, -0.05) is 33.3 Å². The zero-order chi connectivity index (χ0) is 25.9. The molecule has 0 saturated carbocycles. The van der Waals surface area contributed by atoms with Crippen molar-refractivity contribution >= 4 is 6.09 Å². The minimum absolute atomic E-state index is 0.0258. The van der Waals surface area contributed by atoms with Gasteiger partial charge in [-0.2, -0.15) is 0 Å². The second kappa shape index (κ2) is 19.1. The van der Waals surface area contributed by atoms with E-state index in [1.54, 1.807) is 12.1 Å². The number of rotatable bonds is 21.